The Morgan fingerprint density at radius 3 is 2.44 bits per heavy atom. The van der Waals surface area contributed by atoms with Crippen molar-refractivity contribution in [1.29, 1.82) is 0 Å². The highest BCUT2D eigenvalue weighted by molar-refractivity contribution is 6.18. The fraction of sp³-hybridized carbons (Fsp3) is 0.364. The summed E-state index contributed by atoms with van der Waals surface area (Å²) in [5.41, 5.74) is 1.67. The van der Waals surface area contributed by atoms with Crippen LogP contribution in [-0.4, -0.2) is 31.4 Å². The average Bonchev–Trinajstić information content (AvgIpc) is 2.82. The summed E-state index contributed by atoms with van der Waals surface area (Å²) < 4.78 is 1.53. The molecular formula is C11H11N5O2. The molecule has 7 heteroatoms. The number of carbonyl (C=O) groups is 2. The van der Waals surface area contributed by atoms with Gasteiger partial charge in [-0.05, 0) is 19.9 Å². The van der Waals surface area contributed by atoms with Gasteiger partial charge in [-0.25, -0.2) is 9.88 Å². The molecule has 0 aromatic carbocycles. The molecule has 0 unspecified atom stereocenters. The van der Waals surface area contributed by atoms with Crippen LogP contribution < -0.4 is 4.90 Å². The molecule has 3 heterocycles. The van der Waals surface area contributed by atoms with Crippen LogP contribution in [0.3, 0.4) is 0 Å². The Morgan fingerprint density at radius 2 is 1.78 bits per heavy atom. The molecule has 2 aromatic rings. The minimum Gasteiger partial charge on any atom is -0.274 e. The lowest BCUT2D eigenvalue weighted by Gasteiger charge is -2.06. The molecular weight excluding hydrogens is 234 g/mol. The summed E-state index contributed by atoms with van der Waals surface area (Å²) >= 11 is 0. The van der Waals surface area contributed by atoms with Crippen molar-refractivity contribution in [3.63, 3.8) is 0 Å². The highest BCUT2D eigenvalue weighted by Gasteiger charge is 2.33. The van der Waals surface area contributed by atoms with Gasteiger partial charge in [0.15, 0.2) is 0 Å². The number of fused-ring (bicyclic) bond motifs is 1. The van der Waals surface area contributed by atoms with E-state index >= 15 is 0 Å². The second-order valence-corrected chi connectivity index (χ2v) is 4.29. The fourth-order valence-corrected chi connectivity index (χ4v) is 2.05. The van der Waals surface area contributed by atoms with Gasteiger partial charge in [-0.15, -0.1) is 5.10 Å². The maximum Gasteiger partial charge on any atom is 0.260 e. The Morgan fingerprint density at radius 1 is 1.11 bits per heavy atom. The number of carbonyl (C=O) groups excluding carboxylic acids is 2. The van der Waals surface area contributed by atoms with E-state index in [0.717, 1.165) is 16.3 Å². The number of nitrogens with zero attached hydrogens (tertiary/aromatic N) is 5. The second kappa shape index (κ2) is 3.59. The van der Waals surface area contributed by atoms with Gasteiger partial charge in [-0.2, -0.15) is 9.50 Å². The topological polar surface area (TPSA) is 80.5 Å². The highest BCUT2D eigenvalue weighted by atomic mass is 16.2. The first-order valence-electron chi connectivity index (χ1n) is 5.63. The summed E-state index contributed by atoms with van der Waals surface area (Å²) in [7, 11) is 0. The molecule has 0 aliphatic carbocycles. The average molecular weight is 245 g/mol. The van der Waals surface area contributed by atoms with E-state index in [1.54, 1.807) is 0 Å². The zero-order valence-electron chi connectivity index (χ0n) is 10.0. The van der Waals surface area contributed by atoms with Gasteiger partial charge in [0.2, 0.25) is 11.8 Å². The van der Waals surface area contributed by atoms with E-state index in [-0.39, 0.29) is 30.6 Å². The standard InChI is InChI=1S/C11H11N5O2/c1-6-5-7(2)16-10(12-6)13-11(14-16)15-8(17)3-4-9(15)18/h5H,3-4H2,1-2H3. The van der Waals surface area contributed by atoms with Crippen molar-refractivity contribution in [2.24, 2.45) is 0 Å². The number of hydrogen-bond donors (Lipinski definition) is 0. The number of aryl methyl sites for hydroxylation is 2. The predicted molar refractivity (Wildman–Crippen MR) is 62.0 cm³/mol. The van der Waals surface area contributed by atoms with Crippen molar-refractivity contribution < 1.29 is 9.59 Å². The molecule has 0 spiro atoms. The zero-order valence-corrected chi connectivity index (χ0v) is 10.0. The lowest BCUT2D eigenvalue weighted by molar-refractivity contribution is -0.121. The molecule has 0 bridgehead atoms. The van der Waals surface area contributed by atoms with E-state index in [1.165, 1.54) is 4.52 Å². The van der Waals surface area contributed by atoms with Gasteiger partial charge in [0.05, 0.1) is 0 Å². The van der Waals surface area contributed by atoms with Crippen LogP contribution in [0.15, 0.2) is 6.07 Å². The summed E-state index contributed by atoms with van der Waals surface area (Å²) in [6.07, 6.45) is 0.444. The normalized spacial score (nSPS) is 16.0. The van der Waals surface area contributed by atoms with E-state index in [0.29, 0.717) is 5.78 Å². The lowest BCUT2D eigenvalue weighted by atomic mass is 10.4. The molecule has 1 aliphatic rings. The summed E-state index contributed by atoms with van der Waals surface area (Å²) in [6, 6.07) is 1.86. The number of aromatic nitrogens is 4. The van der Waals surface area contributed by atoms with Gasteiger partial charge in [-0.3, -0.25) is 9.59 Å². The van der Waals surface area contributed by atoms with Crippen molar-refractivity contribution in [2.75, 3.05) is 4.90 Å². The third kappa shape index (κ3) is 1.47. The van der Waals surface area contributed by atoms with E-state index in [4.69, 9.17) is 0 Å². The van der Waals surface area contributed by atoms with Crippen LogP contribution in [0.5, 0.6) is 0 Å². The van der Waals surface area contributed by atoms with Gasteiger partial charge in [-0.1, -0.05) is 0 Å². The molecule has 3 rings (SSSR count). The lowest BCUT2D eigenvalue weighted by Crippen LogP contribution is -2.29. The van der Waals surface area contributed by atoms with Gasteiger partial charge in [0.1, 0.15) is 0 Å². The molecule has 1 saturated heterocycles. The first-order valence-corrected chi connectivity index (χ1v) is 5.63. The SMILES string of the molecule is Cc1cc(C)n2nc(N3C(=O)CCC3=O)nc2n1. The van der Waals surface area contributed by atoms with Crippen LogP contribution in [0.1, 0.15) is 24.2 Å². The molecule has 18 heavy (non-hydrogen) atoms. The molecule has 2 amide bonds. The first kappa shape index (κ1) is 10.8. The van der Waals surface area contributed by atoms with Crippen molar-refractivity contribution >= 4 is 23.5 Å². The van der Waals surface area contributed by atoms with Gasteiger partial charge >= 0.3 is 0 Å². The van der Waals surface area contributed by atoms with Crippen LogP contribution in [-0.2, 0) is 9.59 Å². The minimum absolute atomic E-state index is 0.115. The molecule has 1 fully saturated rings. The minimum atomic E-state index is -0.259. The maximum atomic E-state index is 11.6. The summed E-state index contributed by atoms with van der Waals surface area (Å²) in [5.74, 6) is -0.00531. The molecule has 0 N–H and O–H groups in total. The Labute approximate surface area is 102 Å². The molecule has 0 atom stereocenters. The van der Waals surface area contributed by atoms with Crippen molar-refractivity contribution in [3.8, 4) is 0 Å². The number of hydrogen-bond acceptors (Lipinski definition) is 5. The Balaban J connectivity index is 2.17. The number of anilines is 1. The van der Waals surface area contributed by atoms with E-state index < -0.39 is 0 Å². The molecule has 92 valence electrons. The third-order valence-electron chi connectivity index (χ3n) is 2.86. The van der Waals surface area contributed by atoms with Crippen LogP contribution in [0.4, 0.5) is 5.95 Å². The third-order valence-corrected chi connectivity index (χ3v) is 2.86. The zero-order chi connectivity index (χ0) is 12.9. The molecule has 0 radical (unpaired) electrons. The summed E-state index contributed by atoms with van der Waals surface area (Å²) in [6.45, 7) is 3.72. The van der Waals surface area contributed by atoms with Crippen LogP contribution in [0, 0.1) is 13.8 Å². The van der Waals surface area contributed by atoms with Crippen molar-refractivity contribution in [2.45, 2.75) is 26.7 Å². The highest BCUT2D eigenvalue weighted by Crippen LogP contribution is 2.19. The summed E-state index contributed by atoms with van der Waals surface area (Å²) in [4.78, 5) is 32.6. The summed E-state index contributed by atoms with van der Waals surface area (Å²) in [5, 5.41) is 4.16. The van der Waals surface area contributed by atoms with Crippen LogP contribution in [0.2, 0.25) is 0 Å². The van der Waals surface area contributed by atoms with E-state index in [9.17, 15) is 9.59 Å². The van der Waals surface area contributed by atoms with Gasteiger partial charge in [0, 0.05) is 24.2 Å². The van der Waals surface area contributed by atoms with E-state index in [2.05, 4.69) is 15.1 Å². The largest absolute Gasteiger partial charge is 0.274 e. The maximum absolute atomic E-state index is 11.6. The van der Waals surface area contributed by atoms with Gasteiger partial charge < -0.3 is 0 Å². The molecule has 7 nitrogen and oxygen atoms in total. The van der Waals surface area contributed by atoms with Gasteiger partial charge in [0.25, 0.3) is 11.7 Å². The first-order chi connectivity index (χ1) is 8.56. The van der Waals surface area contributed by atoms with Crippen molar-refractivity contribution in [3.05, 3.63) is 17.5 Å². The Hall–Kier alpha value is -2.31. The molecule has 0 saturated carbocycles. The van der Waals surface area contributed by atoms with Crippen LogP contribution >= 0.6 is 0 Å². The number of rotatable bonds is 1. The monoisotopic (exact) mass is 245 g/mol. The second-order valence-electron chi connectivity index (χ2n) is 4.29. The Bertz CT molecular complexity index is 659. The predicted octanol–water partition coefficient (Wildman–Crippen LogP) is 0.395. The quantitative estimate of drug-likeness (QED) is 0.679. The van der Waals surface area contributed by atoms with E-state index in [1.807, 2.05) is 19.9 Å². The fourth-order valence-electron chi connectivity index (χ4n) is 2.05. The molecule has 2 aromatic heterocycles. The number of amides is 2. The smallest absolute Gasteiger partial charge is 0.260 e. The van der Waals surface area contributed by atoms with Crippen LogP contribution in [0.25, 0.3) is 5.78 Å². The Kier molecular flexibility index (Phi) is 2.16. The number of imide groups is 1. The van der Waals surface area contributed by atoms with Crippen molar-refractivity contribution in [1.82, 2.24) is 19.6 Å². The molecule has 1 aliphatic heterocycles.